The van der Waals surface area contributed by atoms with Crippen molar-refractivity contribution >= 4 is 5.91 Å². The maximum Gasteiger partial charge on any atom is 0.253 e. The number of aromatic nitrogens is 1. The number of fused-ring (bicyclic) bond motifs is 1. The Bertz CT molecular complexity index is 1310. The van der Waals surface area contributed by atoms with Gasteiger partial charge >= 0.3 is 0 Å². The summed E-state index contributed by atoms with van der Waals surface area (Å²) in [5.74, 6) is -1.07. The highest BCUT2D eigenvalue weighted by Crippen LogP contribution is 2.32. The molecule has 1 N–H and O–H groups in total. The fourth-order valence-corrected chi connectivity index (χ4v) is 5.24. The maximum absolute atomic E-state index is 15.7. The lowest BCUT2D eigenvalue weighted by atomic mass is 9.89. The van der Waals surface area contributed by atoms with Crippen molar-refractivity contribution in [3.05, 3.63) is 93.4 Å². The first kappa shape index (κ1) is 23.4. The third-order valence-corrected chi connectivity index (χ3v) is 7.09. The van der Waals surface area contributed by atoms with Gasteiger partial charge in [-0.2, -0.15) is 0 Å². The highest BCUT2D eigenvalue weighted by atomic mass is 19.1. The number of halogens is 2. The molecule has 0 aliphatic carbocycles. The Balaban J connectivity index is 1.52. The largest absolute Gasteiger partial charge is 0.368 e. The predicted molar refractivity (Wildman–Crippen MR) is 129 cm³/mol. The van der Waals surface area contributed by atoms with Gasteiger partial charge in [0.05, 0.1) is 12.1 Å². The van der Waals surface area contributed by atoms with E-state index in [9.17, 15) is 14.0 Å². The molecule has 1 saturated heterocycles. The average molecular weight is 479 g/mol. The van der Waals surface area contributed by atoms with Gasteiger partial charge in [0.1, 0.15) is 17.7 Å². The number of carbonyl (C=O) groups is 1. The average Bonchev–Trinajstić information content (AvgIpc) is 3.39. The SMILES string of the molecule is Cc1ccc2n(c1=O)C(Cc1cccc(-c3cccc(F)c3)c1F)C(NC(=O)[C@@H]1CCCO1)CC2. The summed E-state index contributed by atoms with van der Waals surface area (Å²) in [5, 5.41) is 3.10. The van der Waals surface area contributed by atoms with Crippen molar-refractivity contribution in [1.82, 2.24) is 9.88 Å². The minimum atomic E-state index is -0.487. The topological polar surface area (TPSA) is 60.3 Å². The Morgan fingerprint density at radius 2 is 1.94 bits per heavy atom. The number of rotatable bonds is 5. The van der Waals surface area contributed by atoms with E-state index in [0.717, 1.165) is 12.1 Å². The van der Waals surface area contributed by atoms with Crippen LogP contribution in [0.1, 0.15) is 42.1 Å². The van der Waals surface area contributed by atoms with E-state index >= 15 is 4.39 Å². The van der Waals surface area contributed by atoms with E-state index in [0.29, 0.717) is 48.1 Å². The molecule has 0 radical (unpaired) electrons. The van der Waals surface area contributed by atoms with Crippen molar-refractivity contribution in [1.29, 1.82) is 0 Å². The van der Waals surface area contributed by atoms with Crippen molar-refractivity contribution < 1.29 is 18.3 Å². The van der Waals surface area contributed by atoms with Crippen LogP contribution in [0.25, 0.3) is 11.1 Å². The second-order valence-electron chi connectivity index (χ2n) is 9.40. The van der Waals surface area contributed by atoms with Crippen molar-refractivity contribution in [2.24, 2.45) is 0 Å². The number of nitrogens with zero attached hydrogens (tertiary/aromatic N) is 1. The number of pyridine rings is 1. The fourth-order valence-electron chi connectivity index (χ4n) is 5.24. The van der Waals surface area contributed by atoms with E-state index < -0.39 is 23.8 Å². The summed E-state index contributed by atoms with van der Waals surface area (Å²) < 4.78 is 36.8. The molecule has 35 heavy (non-hydrogen) atoms. The van der Waals surface area contributed by atoms with Gasteiger partial charge in [-0.3, -0.25) is 9.59 Å². The number of benzene rings is 2. The molecule has 1 fully saturated rings. The number of nitrogens with one attached hydrogen (secondary N) is 1. The molecule has 2 aliphatic heterocycles. The summed E-state index contributed by atoms with van der Waals surface area (Å²) >= 11 is 0. The number of hydrogen-bond acceptors (Lipinski definition) is 3. The molecule has 2 aromatic carbocycles. The lowest BCUT2D eigenvalue weighted by molar-refractivity contribution is -0.131. The normalized spacial score (nSPS) is 21.5. The fraction of sp³-hybridized carbons (Fsp3) is 0.357. The van der Waals surface area contributed by atoms with Crippen molar-refractivity contribution in [2.45, 2.75) is 57.2 Å². The summed E-state index contributed by atoms with van der Waals surface area (Å²) in [6, 6.07) is 13.8. The van der Waals surface area contributed by atoms with Crippen LogP contribution in [0.15, 0.2) is 59.4 Å². The molecule has 2 unspecified atom stereocenters. The van der Waals surface area contributed by atoms with Gasteiger partial charge in [0, 0.05) is 23.4 Å². The van der Waals surface area contributed by atoms with Crippen LogP contribution in [0.5, 0.6) is 0 Å². The molecule has 2 aliphatic rings. The van der Waals surface area contributed by atoms with Crippen LogP contribution in [-0.4, -0.2) is 29.2 Å². The Morgan fingerprint density at radius 3 is 2.71 bits per heavy atom. The zero-order valence-corrected chi connectivity index (χ0v) is 19.6. The van der Waals surface area contributed by atoms with Gasteiger partial charge in [0.25, 0.3) is 5.56 Å². The molecule has 3 aromatic rings. The minimum Gasteiger partial charge on any atom is -0.368 e. The number of carbonyl (C=O) groups excluding carboxylic acids is 1. The molecular weight excluding hydrogens is 450 g/mol. The molecule has 5 nitrogen and oxygen atoms in total. The summed E-state index contributed by atoms with van der Waals surface area (Å²) in [7, 11) is 0. The van der Waals surface area contributed by atoms with Crippen LogP contribution in [0, 0.1) is 18.6 Å². The number of amides is 1. The van der Waals surface area contributed by atoms with E-state index in [-0.39, 0.29) is 23.9 Å². The molecule has 1 amide bonds. The quantitative estimate of drug-likeness (QED) is 0.588. The molecule has 5 rings (SSSR count). The summed E-state index contributed by atoms with van der Waals surface area (Å²) in [5.41, 5.74) is 2.49. The highest BCUT2D eigenvalue weighted by Gasteiger charge is 2.34. The second kappa shape index (κ2) is 9.74. The number of aryl methyl sites for hydroxylation is 2. The van der Waals surface area contributed by atoms with Crippen LogP contribution in [0.4, 0.5) is 8.78 Å². The minimum absolute atomic E-state index is 0.134. The number of hydrogen-bond donors (Lipinski definition) is 1. The van der Waals surface area contributed by atoms with Gasteiger partial charge in [-0.25, -0.2) is 8.78 Å². The number of ether oxygens (including phenoxy) is 1. The molecule has 1 aromatic heterocycles. The molecule has 3 atom stereocenters. The van der Waals surface area contributed by atoms with Crippen LogP contribution in [0.3, 0.4) is 0 Å². The molecule has 0 saturated carbocycles. The lowest BCUT2D eigenvalue weighted by Gasteiger charge is -2.36. The van der Waals surface area contributed by atoms with Crippen molar-refractivity contribution in [2.75, 3.05) is 6.61 Å². The third-order valence-electron chi connectivity index (χ3n) is 7.09. The Morgan fingerprint density at radius 1 is 1.11 bits per heavy atom. The van der Waals surface area contributed by atoms with E-state index in [4.69, 9.17) is 4.74 Å². The Kier molecular flexibility index (Phi) is 6.52. The van der Waals surface area contributed by atoms with Gasteiger partial charge in [0.2, 0.25) is 5.91 Å². The van der Waals surface area contributed by atoms with Crippen molar-refractivity contribution in [3.8, 4) is 11.1 Å². The molecule has 3 heterocycles. The zero-order chi connectivity index (χ0) is 24.5. The Labute approximate surface area is 202 Å². The first-order chi connectivity index (χ1) is 16.9. The van der Waals surface area contributed by atoms with Crippen molar-refractivity contribution in [3.63, 3.8) is 0 Å². The highest BCUT2D eigenvalue weighted by molar-refractivity contribution is 5.81. The lowest BCUT2D eigenvalue weighted by Crippen LogP contribution is -2.51. The first-order valence-corrected chi connectivity index (χ1v) is 12.1. The van der Waals surface area contributed by atoms with Gasteiger partial charge < -0.3 is 14.6 Å². The molecule has 7 heteroatoms. The maximum atomic E-state index is 15.7. The van der Waals surface area contributed by atoms with Gasteiger partial charge in [-0.1, -0.05) is 36.4 Å². The monoisotopic (exact) mass is 478 g/mol. The van der Waals surface area contributed by atoms with Crippen LogP contribution >= 0.6 is 0 Å². The smallest absolute Gasteiger partial charge is 0.253 e. The summed E-state index contributed by atoms with van der Waals surface area (Å²) in [6.45, 7) is 2.32. The van der Waals surface area contributed by atoms with Crippen LogP contribution < -0.4 is 10.9 Å². The Hall–Kier alpha value is -3.32. The summed E-state index contributed by atoms with van der Waals surface area (Å²) in [4.78, 5) is 26.1. The predicted octanol–water partition coefficient (Wildman–Crippen LogP) is 4.50. The van der Waals surface area contributed by atoms with E-state index in [1.807, 2.05) is 12.1 Å². The van der Waals surface area contributed by atoms with E-state index in [1.54, 1.807) is 41.8 Å². The summed E-state index contributed by atoms with van der Waals surface area (Å²) in [6.07, 6.45) is 2.50. The molecular formula is C28H28F2N2O3. The third kappa shape index (κ3) is 4.65. The zero-order valence-electron chi connectivity index (χ0n) is 19.6. The van der Waals surface area contributed by atoms with Crippen LogP contribution in [-0.2, 0) is 22.4 Å². The molecule has 182 valence electrons. The second-order valence-corrected chi connectivity index (χ2v) is 9.40. The van der Waals surface area contributed by atoms with Gasteiger partial charge in [-0.05, 0) is 68.4 Å². The first-order valence-electron chi connectivity index (χ1n) is 12.1. The standard InChI is InChI=1S/C28H28F2N2O3/c1-17-10-11-21-12-13-23(31-27(33)25-9-4-14-35-25)24(32(21)28(17)34)16-19-6-3-8-22(26(19)30)18-5-2-7-20(29)15-18/h2-3,5-8,10-11,15,23-25H,4,9,12-14,16H2,1H3,(H,31,33)/t23?,24?,25-/m0/s1. The van der Waals surface area contributed by atoms with Gasteiger partial charge in [0.15, 0.2) is 0 Å². The van der Waals surface area contributed by atoms with E-state index in [2.05, 4.69) is 5.32 Å². The molecule has 0 bridgehead atoms. The molecule has 0 spiro atoms. The van der Waals surface area contributed by atoms with Gasteiger partial charge in [-0.15, -0.1) is 0 Å². The van der Waals surface area contributed by atoms with Crippen LogP contribution in [0.2, 0.25) is 0 Å². The van der Waals surface area contributed by atoms with E-state index in [1.165, 1.54) is 12.1 Å².